The van der Waals surface area contributed by atoms with E-state index in [1.54, 1.807) is 30.0 Å². The first-order chi connectivity index (χ1) is 14.0. The van der Waals surface area contributed by atoms with Crippen molar-refractivity contribution in [2.75, 3.05) is 5.32 Å². The van der Waals surface area contributed by atoms with E-state index in [4.69, 9.17) is 11.6 Å². The number of hydrogen-bond acceptors (Lipinski definition) is 7. The van der Waals surface area contributed by atoms with Crippen LogP contribution in [0.3, 0.4) is 0 Å². The summed E-state index contributed by atoms with van der Waals surface area (Å²) in [6, 6.07) is 9.75. The van der Waals surface area contributed by atoms with Gasteiger partial charge in [0.25, 0.3) is 5.91 Å². The molecular formula is C18H13ClFN5OS3. The number of carbonyl (C=O) groups is 1. The molecule has 0 aliphatic rings. The zero-order chi connectivity index (χ0) is 20.4. The third kappa shape index (κ3) is 4.50. The number of nitrogens with zero attached hydrogens (tertiary/aromatic N) is 4. The van der Waals surface area contributed by atoms with Crippen LogP contribution < -0.4 is 5.32 Å². The molecule has 0 bridgehead atoms. The molecule has 29 heavy (non-hydrogen) atoms. The second-order valence-electron chi connectivity index (χ2n) is 5.83. The number of nitrogens with one attached hydrogen (secondary N) is 1. The molecule has 6 nitrogen and oxygen atoms in total. The summed E-state index contributed by atoms with van der Waals surface area (Å²) in [6.45, 7) is 1.68. The Kier molecular flexibility index (Phi) is 5.95. The lowest BCUT2D eigenvalue weighted by atomic mass is 10.2. The summed E-state index contributed by atoms with van der Waals surface area (Å²) in [5, 5.41) is 17.7. The number of amides is 1. The number of rotatable bonds is 6. The zero-order valence-electron chi connectivity index (χ0n) is 14.9. The van der Waals surface area contributed by atoms with E-state index in [0.29, 0.717) is 16.5 Å². The van der Waals surface area contributed by atoms with Gasteiger partial charge in [-0.2, -0.15) is 5.10 Å². The van der Waals surface area contributed by atoms with Crippen LogP contribution >= 0.6 is 46.0 Å². The molecule has 1 aromatic carbocycles. The van der Waals surface area contributed by atoms with Crippen LogP contribution in [0.4, 0.5) is 9.52 Å². The Bertz CT molecular complexity index is 1140. The van der Waals surface area contributed by atoms with Gasteiger partial charge in [-0.15, -0.1) is 21.5 Å². The van der Waals surface area contributed by atoms with Crippen molar-refractivity contribution in [1.29, 1.82) is 0 Å². The molecule has 0 radical (unpaired) electrons. The number of aromatic nitrogens is 4. The Labute approximate surface area is 182 Å². The highest BCUT2D eigenvalue weighted by molar-refractivity contribution is 8.00. The molecule has 0 atom stereocenters. The van der Waals surface area contributed by atoms with Crippen molar-refractivity contribution in [1.82, 2.24) is 20.0 Å². The molecule has 1 N–H and O–H groups in total. The second kappa shape index (κ2) is 8.62. The van der Waals surface area contributed by atoms with Crippen molar-refractivity contribution in [2.45, 2.75) is 17.0 Å². The minimum atomic E-state index is -0.424. The number of benzene rings is 1. The van der Waals surface area contributed by atoms with Gasteiger partial charge >= 0.3 is 0 Å². The lowest BCUT2D eigenvalue weighted by Gasteiger charge is -2.03. The van der Waals surface area contributed by atoms with Crippen molar-refractivity contribution < 1.29 is 9.18 Å². The summed E-state index contributed by atoms with van der Waals surface area (Å²) in [4.78, 5) is 14.0. The molecule has 3 aromatic heterocycles. The van der Waals surface area contributed by atoms with Crippen LogP contribution in [0.25, 0.3) is 5.69 Å². The second-order valence-corrected chi connectivity index (χ2v) is 9.42. The largest absolute Gasteiger partial charge is 0.296 e. The van der Waals surface area contributed by atoms with Gasteiger partial charge < -0.3 is 0 Å². The van der Waals surface area contributed by atoms with Crippen LogP contribution in [0.1, 0.15) is 20.9 Å². The van der Waals surface area contributed by atoms with Gasteiger partial charge in [-0.25, -0.2) is 9.07 Å². The number of aryl methyl sites for hydroxylation is 1. The van der Waals surface area contributed by atoms with Gasteiger partial charge in [0.05, 0.1) is 11.4 Å². The Morgan fingerprint density at radius 3 is 2.79 bits per heavy atom. The van der Waals surface area contributed by atoms with E-state index in [1.807, 2.05) is 11.4 Å². The average Bonchev–Trinajstić information content (AvgIpc) is 3.42. The highest BCUT2D eigenvalue weighted by Crippen LogP contribution is 2.30. The van der Waals surface area contributed by atoms with E-state index < -0.39 is 5.91 Å². The van der Waals surface area contributed by atoms with Gasteiger partial charge in [0, 0.05) is 10.6 Å². The fourth-order valence-electron chi connectivity index (χ4n) is 2.52. The summed E-state index contributed by atoms with van der Waals surface area (Å²) in [5.74, 6) is 0.0119. The number of carbonyl (C=O) groups excluding carboxylic acids is 1. The fraction of sp³-hybridized carbons (Fsp3) is 0.111. The molecule has 0 saturated heterocycles. The van der Waals surface area contributed by atoms with Crippen molar-refractivity contribution >= 4 is 57.1 Å². The molecule has 0 fully saturated rings. The molecule has 1 amide bonds. The van der Waals surface area contributed by atoms with Gasteiger partial charge in [0.1, 0.15) is 16.5 Å². The standard InChI is InChI=1S/C18H13ClFN5OS3/c1-10-14(15(19)25(24-10)12-6-4-11(20)5-7-12)16(26)21-17-22-23-18(29-17)28-9-13-3-2-8-27-13/h2-8H,9H2,1H3,(H,21,22,26). The van der Waals surface area contributed by atoms with Gasteiger partial charge in [-0.1, -0.05) is 40.8 Å². The van der Waals surface area contributed by atoms with Gasteiger partial charge in [-0.3, -0.25) is 10.1 Å². The minimum absolute atomic E-state index is 0.142. The Morgan fingerprint density at radius 2 is 2.07 bits per heavy atom. The summed E-state index contributed by atoms with van der Waals surface area (Å²) in [6.07, 6.45) is 0. The van der Waals surface area contributed by atoms with Crippen LogP contribution in [0, 0.1) is 12.7 Å². The van der Waals surface area contributed by atoms with Crippen molar-refractivity contribution in [2.24, 2.45) is 0 Å². The highest BCUT2D eigenvalue weighted by atomic mass is 35.5. The first-order valence-electron chi connectivity index (χ1n) is 8.32. The SMILES string of the molecule is Cc1nn(-c2ccc(F)cc2)c(Cl)c1C(=O)Nc1nnc(SCc2cccs2)s1. The van der Waals surface area contributed by atoms with Crippen LogP contribution in [-0.2, 0) is 5.75 Å². The van der Waals surface area contributed by atoms with Crippen LogP contribution in [0.5, 0.6) is 0 Å². The minimum Gasteiger partial charge on any atom is -0.296 e. The van der Waals surface area contributed by atoms with E-state index in [2.05, 4.69) is 26.7 Å². The van der Waals surface area contributed by atoms with Crippen LogP contribution in [0.15, 0.2) is 46.1 Å². The summed E-state index contributed by atoms with van der Waals surface area (Å²) < 4.78 is 15.3. The first kappa shape index (κ1) is 20.0. The Morgan fingerprint density at radius 1 is 1.28 bits per heavy atom. The van der Waals surface area contributed by atoms with Crippen LogP contribution in [-0.4, -0.2) is 25.9 Å². The lowest BCUT2D eigenvalue weighted by Crippen LogP contribution is -2.13. The van der Waals surface area contributed by atoms with Gasteiger partial charge in [0.15, 0.2) is 4.34 Å². The predicted octanol–water partition coefficient (Wildman–Crippen LogP) is 5.43. The third-order valence-electron chi connectivity index (χ3n) is 3.85. The Balaban J connectivity index is 1.48. The van der Waals surface area contributed by atoms with Crippen molar-refractivity contribution in [3.05, 3.63) is 68.9 Å². The zero-order valence-corrected chi connectivity index (χ0v) is 18.1. The maximum absolute atomic E-state index is 13.2. The summed E-state index contributed by atoms with van der Waals surface area (Å²) >= 11 is 10.9. The summed E-state index contributed by atoms with van der Waals surface area (Å²) in [5.41, 5.74) is 1.24. The van der Waals surface area contributed by atoms with Crippen LogP contribution in [0.2, 0.25) is 5.15 Å². The molecule has 0 aliphatic heterocycles. The topological polar surface area (TPSA) is 72.7 Å². The molecule has 0 unspecified atom stereocenters. The number of hydrogen-bond donors (Lipinski definition) is 1. The van der Waals surface area contributed by atoms with Gasteiger partial charge in [-0.05, 0) is 42.6 Å². The normalized spacial score (nSPS) is 11.0. The maximum Gasteiger partial charge on any atom is 0.262 e. The third-order valence-corrected chi connectivity index (χ3v) is 7.28. The molecule has 11 heteroatoms. The molecule has 4 rings (SSSR count). The Hall–Kier alpha value is -2.27. The predicted molar refractivity (Wildman–Crippen MR) is 115 cm³/mol. The molecule has 0 saturated carbocycles. The van der Waals surface area contributed by atoms with E-state index in [9.17, 15) is 9.18 Å². The molecular weight excluding hydrogens is 453 g/mol. The number of thioether (sulfide) groups is 1. The molecule has 0 spiro atoms. The smallest absolute Gasteiger partial charge is 0.262 e. The number of thiophene rings is 1. The first-order valence-corrected chi connectivity index (χ1v) is 11.4. The monoisotopic (exact) mass is 465 g/mol. The quantitative estimate of drug-likeness (QED) is 0.303. The van der Waals surface area contributed by atoms with E-state index in [0.717, 1.165) is 10.1 Å². The van der Waals surface area contributed by atoms with Crippen molar-refractivity contribution in [3.8, 4) is 5.69 Å². The van der Waals surface area contributed by atoms with Crippen molar-refractivity contribution in [3.63, 3.8) is 0 Å². The van der Waals surface area contributed by atoms with E-state index >= 15 is 0 Å². The molecule has 0 aliphatic carbocycles. The molecule has 3 heterocycles. The van der Waals surface area contributed by atoms with Gasteiger partial charge in [0.2, 0.25) is 5.13 Å². The summed E-state index contributed by atoms with van der Waals surface area (Å²) in [7, 11) is 0. The molecule has 148 valence electrons. The average molecular weight is 466 g/mol. The maximum atomic E-state index is 13.2. The molecule has 4 aromatic rings. The highest BCUT2D eigenvalue weighted by Gasteiger charge is 2.22. The van der Waals surface area contributed by atoms with E-state index in [1.165, 1.54) is 45.2 Å². The number of halogens is 2. The van der Waals surface area contributed by atoms with E-state index in [-0.39, 0.29) is 16.5 Å². The fourth-order valence-corrected chi connectivity index (χ4v) is 5.39. The number of anilines is 1. The lowest BCUT2D eigenvalue weighted by molar-refractivity contribution is 0.102.